The Balaban J connectivity index is 1.73. The topological polar surface area (TPSA) is 70.4 Å². The molecule has 0 radical (unpaired) electrons. The second-order valence-electron chi connectivity index (χ2n) is 7.15. The zero-order valence-corrected chi connectivity index (χ0v) is 16.5. The first kappa shape index (κ1) is 19.8. The van der Waals surface area contributed by atoms with Crippen LogP contribution in [0.25, 0.3) is 16.9 Å². The highest BCUT2D eigenvalue weighted by molar-refractivity contribution is 5.98. The maximum absolute atomic E-state index is 13.3. The van der Waals surface area contributed by atoms with Gasteiger partial charge < -0.3 is 9.47 Å². The number of aromatic nitrogens is 2. The van der Waals surface area contributed by atoms with E-state index >= 15 is 0 Å². The van der Waals surface area contributed by atoms with Gasteiger partial charge in [0.2, 0.25) is 0 Å². The Hall–Kier alpha value is -3.48. The first-order valence-electron chi connectivity index (χ1n) is 9.79. The summed E-state index contributed by atoms with van der Waals surface area (Å²) in [6.45, 7) is 0. The number of methoxy groups -OCH3 is 1. The molecule has 1 heterocycles. The average Bonchev–Trinajstić information content (AvgIpc) is 3.21. The number of nitrogens with zero attached hydrogens (tertiary/aromatic N) is 2. The molecule has 0 saturated heterocycles. The minimum Gasteiger partial charge on any atom is -0.497 e. The molecule has 0 spiro atoms. The highest BCUT2D eigenvalue weighted by Crippen LogP contribution is 2.28. The molecule has 0 aliphatic heterocycles. The van der Waals surface area contributed by atoms with Crippen molar-refractivity contribution in [2.24, 2.45) is 0 Å². The normalized spacial score (nSPS) is 16.3. The molecule has 6 nitrogen and oxygen atoms in total. The van der Waals surface area contributed by atoms with Crippen molar-refractivity contribution in [1.82, 2.24) is 9.78 Å². The molecule has 0 N–H and O–H groups in total. The highest BCUT2D eigenvalue weighted by Gasteiger charge is 2.28. The zero-order valence-electron chi connectivity index (χ0n) is 16.5. The van der Waals surface area contributed by atoms with Crippen LogP contribution in [-0.4, -0.2) is 34.7 Å². The van der Waals surface area contributed by atoms with Crippen LogP contribution in [0.5, 0.6) is 5.75 Å². The number of ether oxygens (including phenoxy) is 2. The van der Waals surface area contributed by atoms with Gasteiger partial charge in [-0.3, -0.25) is 4.79 Å². The van der Waals surface area contributed by atoms with Crippen molar-refractivity contribution >= 4 is 11.8 Å². The largest absolute Gasteiger partial charge is 0.497 e. The Labute approximate surface area is 173 Å². The van der Waals surface area contributed by atoms with E-state index in [1.54, 1.807) is 37.4 Å². The van der Waals surface area contributed by atoms with Crippen molar-refractivity contribution < 1.29 is 23.5 Å². The Morgan fingerprint density at radius 1 is 1.17 bits per heavy atom. The number of benzene rings is 2. The molecule has 2 aromatic carbocycles. The van der Waals surface area contributed by atoms with Crippen molar-refractivity contribution in [3.05, 3.63) is 66.1 Å². The van der Waals surface area contributed by atoms with E-state index in [0.717, 1.165) is 12.8 Å². The smallest absolute Gasteiger partial charge is 0.342 e. The van der Waals surface area contributed by atoms with E-state index in [2.05, 4.69) is 5.10 Å². The van der Waals surface area contributed by atoms with Gasteiger partial charge in [-0.05, 0) is 55.7 Å². The molecule has 1 aromatic heterocycles. The minimum atomic E-state index is -0.724. The van der Waals surface area contributed by atoms with Crippen LogP contribution in [-0.2, 0) is 9.53 Å². The van der Waals surface area contributed by atoms with E-state index in [1.807, 2.05) is 6.07 Å². The third kappa shape index (κ3) is 4.10. The summed E-state index contributed by atoms with van der Waals surface area (Å²) in [6.07, 6.45) is 3.45. The van der Waals surface area contributed by atoms with E-state index in [1.165, 1.54) is 23.0 Å². The number of hydrogen-bond donors (Lipinski definition) is 0. The van der Waals surface area contributed by atoms with Crippen molar-refractivity contribution in [2.75, 3.05) is 7.11 Å². The second-order valence-corrected chi connectivity index (χ2v) is 7.15. The molecule has 3 aromatic rings. The van der Waals surface area contributed by atoms with E-state index in [9.17, 15) is 14.0 Å². The summed E-state index contributed by atoms with van der Waals surface area (Å²) < 4.78 is 25.6. The maximum atomic E-state index is 13.3. The molecule has 1 fully saturated rings. The SMILES string of the molecule is COc1cccc(-c2nn(-c3ccc(F)cc3)cc2C(=O)O[C@H]2CCCCC2=O)c1. The maximum Gasteiger partial charge on any atom is 0.342 e. The quantitative estimate of drug-likeness (QED) is 0.587. The summed E-state index contributed by atoms with van der Waals surface area (Å²) in [5.74, 6) is -0.412. The van der Waals surface area contributed by atoms with E-state index < -0.39 is 12.1 Å². The summed E-state index contributed by atoms with van der Waals surface area (Å²) in [4.78, 5) is 25.1. The van der Waals surface area contributed by atoms with E-state index in [0.29, 0.717) is 35.5 Å². The summed E-state index contributed by atoms with van der Waals surface area (Å²) in [5, 5.41) is 4.54. The van der Waals surface area contributed by atoms with Gasteiger partial charge in [0.25, 0.3) is 0 Å². The van der Waals surface area contributed by atoms with Gasteiger partial charge in [-0.1, -0.05) is 12.1 Å². The van der Waals surface area contributed by atoms with Crippen molar-refractivity contribution in [3.8, 4) is 22.7 Å². The molecular weight excluding hydrogens is 387 g/mol. The molecule has 7 heteroatoms. The molecule has 1 aliphatic rings. The van der Waals surface area contributed by atoms with Crippen LogP contribution in [0.3, 0.4) is 0 Å². The third-order valence-corrected chi connectivity index (χ3v) is 5.12. The van der Waals surface area contributed by atoms with Crippen molar-refractivity contribution in [2.45, 2.75) is 31.8 Å². The van der Waals surface area contributed by atoms with Gasteiger partial charge in [0.1, 0.15) is 22.8 Å². The highest BCUT2D eigenvalue weighted by atomic mass is 19.1. The fourth-order valence-corrected chi connectivity index (χ4v) is 3.50. The Morgan fingerprint density at radius 2 is 1.97 bits per heavy atom. The fourth-order valence-electron chi connectivity index (χ4n) is 3.50. The van der Waals surface area contributed by atoms with Gasteiger partial charge in [-0.2, -0.15) is 5.10 Å². The van der Waals surface area contributed by atoms with Crippen LogP contribution in [0.15, 0.2) is 54.7 Å². The molecule has 1 aliphatic carbocycles. The molecule has 0 unspecified atom stereocenters. The predicted molar refractivity (Wildman–Crippen MR) is 108 cm³/mol. The summed E-state index contributed by atoms with van der Waals surface area (Å²) >= 11 is 0. The van der Waals surface area contributed by atoms with Crippen molar-refractivity contribution in [3.63, 3.8) is 0 Å². The van der Waals surface area contributed by atoms with Gasteiger partial charge in [0, 0.05) is 18.2 Å². The number of halogens is 1. The molecule has 1 atom stereocenters. The van der Waals surface area contributed by atoms with Gasteiger partial charge in [-0.25, -0.2) is 13.9 Å². The second kappa shape index (κ2) is 8.49. The Kier molecular flexibility index (Phi) is 5.61. The molecule has 4 rings (SSSR count). The Morgan fingerprint density at radius 3 is 2.70 bits per heavy atom. The molecule has 154 valence electrons. The van der Waals surface area contributed by atoms with Crippen LogP contribution >= 0.6 is 0 Å². The number of esters is 1. The lowest BCUT2D eigenvalue weighted by Crippen LogP contribution is -2.30. The lowest BCUT2D eigenvalue weighted by Gasteiger charge is -2.20. The van der Waals surface area contributed by atoms with Gasteiger partial charge in [0.05, 0.1) is 12.8 Å². The van der Waals surface area contributed by atoms with Crippen LogP contribution in [0.4, 0.5) is 4.39 Å². The predicted octanol–water partition coefficient (Wildman–Crippen LogP) is 4.36. The van der Waals surface area contributed by atoms with Crippen LogP contribution < -0.4 is 4.74 Å². The standard InChI is InChI=1S/C23H21FN2O4/c1-29-18-6-4-5-15(13-18)22-19(23(28)30-21-8-3-2-7-20(21)27)14-26(25-22)17-11-9-16(24)10-12-17/h4-6,9-14,21H,2-3,7-8H2,1H3/t21-/m0/s1. The first-order chi connectivity index (χ1) is 14.5. The first-order valence-corrected chi connectivity index (χ1v) is 9.79. The number of carbonyl (C=O) groups excluding carboxylic acids is 2. The van der Waals surface area contributed by atoms with Crippen LogP contribution in [0.2, 0.25) is 0 Å². The van der Waals surface area contributed by atoms with Crippen molar-refractivity contribution in [1.29, 1.82) is 0 Å². The zero-order chi connectivity index (χ0) is 21.1. The van der Waals surface area contributed by atoms with Crippen LogP contribution in [0.1, 0.15) is 36.0 Å². The average molecular weight is 408 g/mol. The Bertz CT molecular complexity index is 1080. The number of hydrogen-bond acceptors (Lipinski definition) is 5. The van der Waals surface area contributed by atoms with Gasteiger partial charge >= 0.3 is 5.97 Å². The molecule has 0 bridgehead atoms. The number of ketones is 1. The summed E-state index contributed by atoms with van der Waals surface area (Å²) in [7, 11) is 1.56. The molecule has 0 amide bonds. The summed E-state index contributed by atoms with van der Waals surface area (Å²) in [5.41, 5.74) is 1.88. The van der Waals surface area contributed by atoms with Gasteiger partial charge in [-0.15, -0.1) is 0 Å². The summed E-state index contributed by atoms with van der Waals surface area (Å²) in [6, 6.07) is 12.9. The molecular formula is C23H21FN2O4. The molecule has 1 saturated carbocycles. The van der Waals surface area contributed by atoms with Crippen LogP contribution in [0, 0.1) is 5.82 Å². The number of rotatable bonds is 5. The van der Waals surface area contributed by atoms with Gasteiger partial charge in [0.15, 0.2) is 11.9 Å². The third-order valence-electron chi connectivity index (χ3n) is 5.12. The van der Waals surface area contributed by atoms with E-state index in [4.69, 9.17) is 9.47 Å². The lowest BCUT2D eigenvalue weighted by atomic mass is 9.96. The lowest BCUT2D eigenvalue weighted by molar-refractivity contribution is -0.129. The molecule has 30 heavy (non-hydrogen) atoms. The van der Waals surface area contributed by atoms with E-state index in [-0.39, 0.29) is 17.2 Å². The number of Topliss-reactive ketones (excluding diaryl/α,β-unsaturated/α-hetero) is 1. The fraction of sp³-hybridized carbons (Fsp3) is 0.261. The minimum absolute atomic E-state index is 0.0524. The monoisotopic (exact) mass is 408 g/mol. The number of carbonyl (C=O) groups is 2.